The third kappa shape index (κ3) is 3.65. The Kier molecular flexibility index (Phi) is 4.68. The fraction of sp³-hybridized carbons (Fsp3) is 0.130. The van der Waals surface area contributed by atoms with E-state index in [-0.39, 0.29) is 11.7 Å². The van der Waals surface area contributed by atoms with Gasteiger partial charge >= 0.3 is 0 Å². The topological polar surface area (TPSA) is 76.9 Å². The Morgan fingerprint density at radius 3 is 2.45 bits per heavy atom. The molecule has 0 atom stereocenters. The van der Waals surface area contributed by atoms with Crippen LogP contribution in [0.2, 0.25) is 0 Å². The molecule has 0 saturated heterocycles. The number of nitrogens with one attached hydrogen (secondary N) is 1. The molecular formula is C23H20N4O2. The van der Waals surface area contributed by atoms with E-state index in [1.807, 2.05) is 32.0 Å². The molecule has 0 aliphatic rings. The number of hydrogen-bond acceptors (Lipinski definition) is 4. The lowest BCUT2D eigenvalue weighted by molar-refractivity contribution is 0.102. The van der Waals surface area contributed by atoms with Crippen molar-refractivity contribution in [1.29, 1.82) is 0 Å². The fourth-order valence-corrected chi connectivity index (χ4v) is 3.28. The van der Waals surface area contributed by atoms with E-state index in [1.54, 1.807) is 54.3 Å². The number of nitrogens with zero attached hydrogens (tertiary/aromatic N) is 3. The number of hydrogen-bond donors (Lipinski definition) is 1. The molecular weight excluding hydrogens is 364 g/mol. The van der Waals surface area contributed by atoms with Crippen LogP contribution in [0.3, 0.4) is 0 Å². The van der Waals surface area contributed by atoms with E-state index in [4.69, 9.17) is 0 Å². The molecule has 1 N–H and O–H groups in total. The van der Waals surface area contributed by atoms with Gasteiger partial charge in [-0.05, 0) is 56.3 Å². The molecule has 2 aromatic heterocycles. The smallest absolute Gasteiger partial charge is 0.256 e. The predicted molar refractivity (Wildman–Crippen MR) is 112 cm³/mol. The maximum Gasteiger partial charge on any atom is 0.256 e. The van der Waals surface area contributed by atoms with Crippen molar-refractivity contribution < 1.29 is 9.59 Å². The number of aryl methyl sites for hydroxylation is 3. The Balaban J connectivity index is 1.59. The van der Waals surface area contributed by atoms with Gasteiger partial charge in [0, 0.05) is 41.8 Å². The zero-order valence-electron chi connectivity index (χ0n) is 16.4. The summed E-state index contributed by atoms with van der Waals surface area (Å²) in [7, 11) is 1.78. The van der Waals surface area contributed by atoms with E-state index in [9.17, 15) is 9.59 Å². The van der Waals surface area contributed by atoms with Crippen LogP contribution in [0.5, 0.6) is 0 Å². The largest absolute Gasteiger partial charge is 0.331 e. The summed E-state index contributed by atoms with van der Waals surface area (Å²) in [5.74, 6) is -0.00762. The highest BCUT2D eigenvalue weighted by Crippen LogP contribution is 2.22. The van der Waals surface area contributed by atoms with Crippen molar-refractivity contribution in [2.75, 3.05) is 5.32 Å². The molecule has 29 heavy (non-hydrogen) atoms. The van der Waals surface area contributed by atoms with Crippen molar-refractivity contribution in [3.63, 3.8) is 0 Å². The lowest BCUT2D eigenvalue weighted by Crippen LogP contribution is -2.14. The molecule has 0 unspecified atom stereocenters. The molecule has 6 nitrogen and oxygen atoms in total. The zero-order valence-corrected chi connectivity index (χ0v) is 16.4. The molecule has 144 valence electrons. The van der Waals surface area contributed by atoms with Crippen LogP contribution in [0.25, 0.3) is 10.9 Å². The highest BCUT2D eigenvalue weighted by atomic mass is 16.1. The minimum Gasteiger partial charge on any atom is -0.331 e. The molecule has 0 bridgehead atoms. The summed E-state index contributed by atoms with van der Waals surface area (Å²) >= 11 is 0. The van der Waals surface area contributed by atoms with E-state index in [0.29, 0.717) is 22.6 Å². The van der Waals surface area contributed by atoms with Crippen molar-refractivity contribution in [3.05, 3.63) is 89.1 Å². The van der Waals surface area contributed by atoms with Crippen LogP contribution < -0.4 is 5.32 Å². The van der Waals surface area contributed by atoms with Crippen LogP contribution in [0.1, 0.15) is 37.8 Å². The standard InChI is InChI=1S/C23H20N4O2/c1-14-4-9-20-18(12-14)19(13-15(2)25-20)23(29)26-17-7-5-16(6-8-17)21(28)22-24-10-11-27(22)3/h4-13H,1-3H3,(H,26,29). The first-order valence-electron chi connectivity index (χ1n) is 9.24. The number of amides is 1. The van der Waals surface area contributed by atoms with Gasteiger partial charge in [-0.15, -0.1) is 0 Å². The second-order valence-corrected chi connectivity index (χ2v) is 7.05. The predicted octanol–water partition coefficient (Wildman–Crippen LogP) is 4.07. The Hall–Kier alpha value is -3.80. The average Bonchev–Trinajstić information content (AvgIpc) is 3.13. The number of pyridine rings is 1. The van der Waals surface area contributed by atoms with Crippen LogP contribution >= 0.6 is 0 Å². The number of fused-ring (bicyclic) bond motifs is 1. The summed E-state index contributed by atoms with van der Waals surface area (Å²) in [5.41, 5.74) is 4.33. The first-order chi connectivity index (χ1) is 13.9. The Morgan fingerprint density at radius 2 is 1.76 bits per heavy atom. The summed E-state index contributed by atoms with van der Waals surface area (Å²) in [6, 6.07) is 14.5. The van der Waals surface area contributed by atoms with Crippen LogP contribution in [0.4, 0.5) is 5.69 Å². The van der Waals surface area contributed by atoms with Gasteiger partial charge in [-0.2, -0.15) is 0 Å². The summed E-state index contributed by atoms with van der Waals surface area (Å²) in [4.78, 5) is 34.0. The van der Waals surface area contributed by atoms with Gasteiger partial charge in [0.15, 0.2) is 5.82 Å². The molecule has 0 fully saturated rings. The Labute approximate surface area is 168 Å². The van der Waals surface area contributed by atoms with Crippen molar-refractivity contribution >= 4 is 28.3 Å². The van der Waals surface area contributed by atoms with Crippen LogP contribution in [0.15, 0.2) is 60.9 Å². The monoisotopic (exact) mass is 384 g/mol. The van der Waals surface area contributed by atoms with E-state index in [0.717, 1.165) is 22.2 Å². The summed E-state index contributed by atoms with van der Waals surface area (Å²) in [6.07, 6.45) is 3.31. The van der Waals surface area contributed by atoms with Gasteiger partial charge in [-0.1, -0.05) is 11.6 Å². The van der Waals surface area contributed by atoms with Gasteiger partial charge in [0.2, 0.25) is 5.78 Å². The zero-order chi connectivity index (χ0) is 20.5. The number of carbonyl (C=O) groups is 2. The normalized spacial score (nSPS) is 10.9. The molecule has 0 radical (unpaired) electrons. The third-order valence-corrected chi connectivity index (χ3v) is 4.77. The summed E-state index contributed by atoms with van der Waals surface area (Å²) in [5, 5.41) is 3.73. The Bertz CT molecular complexity index is 1240. The number of aromatic nitrogens is 3. The molecule has 6 heteroatoms. The number of carbonyl (C=O) groups excluding carboxylic acids is 2. The van der Waals surface area contributed by atoms with Gasteiger partial charge < -0.3 is 9.88 Å². The van der Waals surface area contributed by atoms with Gasteiger partial charge in [0.05, 0.1) is 11.1 Å². The number of imidazole rings is 1. The lowest BCUT2D eigenvalue weighted by atomic mass is 10.0. The minimum absolute atomic E-state index is 0.165. The Morgan fingerprint density at radius 1 is 1.00 bits per heavy atom. The van der Waals surface area contributed by atoms with Crippen molar-refractivity contribution in [2.45, 2.75) is 13.8 Å². The number of rotatable bonds is 4. The van der Waals surface area contributed by atoms with Crippen molar-refractivity contribution in [2.24, 2.45) is 7.05 Å². The SMILES string of the molecule is Cc1ccc2nc(C)cc(C(=O)Nc3ccc(C(=O)c4nccn4C)cc3)c2c1. The number of benzene rings is 2. The highest BCUT2D eigenvalue weighted by molar-refractivity contribution is 6.13. The number of anilines is 1. The van der Waals surface area contributed by atoms with Crippen molar-refractivity contribution in [1.82, 2.24) is 14.5 Å². The van der Waals surface area contributed by atoms with Crippen LogP contribution in [0, 0.1) is 13.8 Å². The van der Waals surface area contributed by atoms with E-state index < -0.39 is 0 Å². The van der Waals surface area contributed by atoms with Crippen molar-refractivity contribution in [3.8, 4) is 0 Å². The molecule has 2 heterocycles. The van der Waals surface area contributed by atoms with Gasteiger partial charge in [-0.3, -0.25) is 14.6 Å². The van der Waals surface area contributed by atoms with E-state index >= 15 is 0 Å². The molecule has 0 aliphatic carbocycles. The molecule has 4 rings (SSSR count). The first kappa shape index (κ1) is 18.6. The summed E-state index contributed by atoms with van der Waals surface area (Å²) < 4.78 is 1.68. The van der Waals surface area contributed by atoms with E-state index in [2.05, 4.69) is 15.3 Å². The first-order valence-corrected chi connectivity index (χ1v) is 9.24. The second kappa shape index (κ2) is 7.31. The molecule has 4 aromatic rings. The highest BCUT2D eigenvalue weighted by Gasteiger charge is 2.15. The second-order valence-electron chi connectivity index (χ2n) is 7.05. The average molecular weight is 384 g/mol. The molecule has 0 spiro atoms. The molecule has 1 amide bonds. The minimum atomic E-state index is -0.214. The third-order valence-electron chi connectivity index (χ3n) is 4.77. The van der Waals surface area contributed by atoms with E-state index in [1.165, 1.54) is 0 Å². The summed E-state index contributed by atoms with van der Waals surface area (Å²) in [6.45, 7) is 3.85. The lowest BCUT2D eigenvalue weighted by Gasteiger charge is -2.10. The van der Waals surface area contributed by atoms with Gasteiger partial charge in [0.1, 0.15) is 0 Å². The molecule has 0 aliphatic heterocycles. The fourth-order valence-electron chi connectivity index (χ4n) is 3.28. The quantitative estimate of drug-likeness (QED) is 0.538. The maximum atomic E-state index is 12.9. The van der Waals surface area contributed by atoms with Crippen LogP contribution in [-0.4, -0.2) is 26.2 Å². The van der Waals surface area contributed by atoms with Gasteiger partial charge in [0.25, 0.3) is 5.91 Å². The molecule has 2 aromatic carbocycles. The maximum absolute atomic E-state index is 12.9. The van der Waals surface area contributed by atoms with Crippen LogP contribution in [-0.2, 0) is 7.05 Å². The van der Waals surface area contributed by atoms with Gasteiger partial charge in [-0.25, -0.2) is 4.98 Å². The molecule has 0 saturated carbocycles. The number of ketones is 1.